The first-order chi connectivity index (χ1) is 8.27. The highest BCUT2D eigenvalue weighted by Gasteiger charge is 2.49. The molecule has 2 aliphatic rings. The molecule has 2 fully saturated rings. The zero-order chi connectivity index (χ0) is 13.6. The van der Waals surface area contributed by atoms with E-state index in [0.717, 1.165) is 25.7 Å². The molecular weight excluding hydrogens is 224 g/mol. The number of rotatable bonds is 4. The second-order valence-corrected chi connectivity index (χ2v) is 7.39. The summed E-state index contributed by atoms with van der Waals surface area (Å²) >= 11 is 0. The molecule has 0 aromatic carbocycles. The van der Waals surface area contributed by atoms with E-state index in [1.807, 2.05) is 0 Å². The molecule has 3 heteroatoms. The summed E-state index contributed by atoms with van der Waals surface area (Å²) in [5.41, 5.74) is 5.97. The molecule has 0 spiro atoms. The fourth-order valence-electron chi connectivity index (χ4n) is 3.71. The highest BCUT2D eigenvalue weighted by atomic mass is 16.3. The van der Waals surface area contributed by atoms with E-state index in [1.54, 1.807) is 0 Å². The minimum Gasteiger partial charge on any atom is -0.388 e. The molecule has 3 N–H and O–H groups in total. The molecule has 3 atom stereocenters. The van der Waals surface area contributed by atoms with Crippen molar-refractivity contribution in [2.24, 2.45) is 11.1 Å². The normalized spacial score (nSPS) is 39.0. The van der Waals surface area contributed by atoms with Crippen LogP contribution in [0.25, 0.3) is 0 Å². The summed E-state index contributed by atoms with van der Waals surface area (Å²) in [4.78, 5) is 2.45. The van der Waals surface area contributed by atoms with Crippen LogP contribution < -0.4 is 5.73 Å². The third-order valence-corrected chi connectivity index (χ3v) is 5.58. The lowest BCUT2D eigenvalue weighted by Crippen LogP contribution is -2.58. The Labute approximate surface area is 112 Å². The molecule has 0 saturated carbocycles. The Balaban J connectivity index is 2.04. The standard InChI is InChI=1S/C15H30N2O/c1-5-14(2,3)10-13(16)15(18)8-11-6-7-12(9-15)17(11)4/h11-13,18H,5-10,16H2,1-4H3. The number of nitrogens with zero attached hydrogens (tertiary/aromatic N) is 1. The molecule has 0 aliphatic carbocycles. The number of fused-ring (bicyclic) bond motifs is 2. The molecule has 0 amide bonds. The van der Waals surface area contributed by atoms with Crippen LogP contribution in [0.3, 0.4) is 0 Å². The fourth-order valence-corrected chi connectivity index (χ4v) is 3.71. The summed E-state index contributed by atoms with van der Waals surface area (Å²) in [5.74, 6) is 0. The van der Waals surface area contributed by atoms with Gasteiger partial charge in [0.1, 0.15) is 0 Å². The Kier molecular flexibility index (Phi) is 3.79. The topological polar surface area (TPSA) is 49.5 Å². The van der Waals surface area contributed by atoms with Crippen LogP contribution in [0.1, 0.15) is 59.3 Å². The number of hydrogen-bond donors (Lipinski definition) is 2. The first-order valence-electron chi connectivity index (χ1n) is 7.47. The molecule has 106 valence electrons. The first-order valence-corrected chi connectivity index (χ1v) is 7.47. The molecule has 0 radical (unpaired) electrons. The minimum atomic E-state index is -0.634. The van der Waals surface area contributed by atoms with Crippen molar-refractivity contribution in [2.45, 2.75) is 83.0 Å². The summed E-state index contributed by atoms with van der Waals surface area (Å²) in [6, 6.07) is 1.01. The van der Waals surface area contributed by atoms with Crippen molar-refractivity contribution >= 4 is 0 Å². The monoisotopic (exact) mass is 254 g/mol. The van der Waals surface area contributed by atoms with Crippen molar-refractivity contribution in [1.82, 2.24) is 4.90 Å². The van der Waals surface area contributed by atoms with Crippen molar-refractivity contribution < 1.29 is 5.11 Å². The van der Waals surface area contributed by atoms with Crippen molar-refractivity contribution in [2.75, 3.05) is 7.05 Å². The average Bonchev–Trinajstić information content (AvgIpc) is 2.52. The third kappa shape index (κ3) is 2.59. The van der Waals surface area contributed by atoms with Crippen molar-refractivity contribution in [3.8, 4) is 0 Å². The van der Waals surface area contributed by atoms with Gasteiger partial charge in [0.2, 0.25) is 0 Å². The highest BCUT2D eigenvalue weighted by molar-refractivity contribution is 5.05. The molecule has 2 rings (SSSR count). The van der Waals surface area contributed by atoms with Crippen molar-refractivity contribution in [3.63, 3.8) is 0 Å². The Morgan fingerprint density at radius 1 is 1.33 bits per heavy atom. The largest absolute Gasteiger partial charge is 0.388 e. The number of piperidine rings is 1. The summed E-state index contributed by atoms with van der Waals surface area (Å²) in [7, 11) is 2.20. The Morgan fingerprint density at radius 3 is 2.28 bits per heavy atom. The van der Waals surface area contributed by atoms with E-state index in [2.05, 4.69) is 32.7 Å². The van der Waals surface area contributed by atoms with Crippen LogP contribution >= 0.6 is 0 Å². The lowest BCUT2D eigenvalue weighted by Gasteiger charge is -2.46. The van der Waals surface area contributed by atoms with Crippen LogP contribution in [0.4, 0.5) is 0 Å². The lowest BCUT2D eigenvalue weighted by molar-refractivity contribution is -0.0696. The van der Waals surface area contributed by atoms with Gasteiger partial charge in [0, 0.05) is 18.1 Å². The summed E-state index contributed by atoms with van der Waals surface area (Å²) in [6.07, 6.45) is 6.22. The Bertz CT molecular complexity index is 289. The van der Waals surface area contributed by atoms with Gasteiger partial charge in [0.25, 0.3) is 0 Å². The van der Waals surface area contributed by atoms with Crippen LogP contribution in [0.2, 0.25) is 0 Å². The Hall–Kier alpha value is -0.120. The average molecular weight is 254 g/mol. The predicted octanol–water partition coefficient (Wildman–Crippen LogP) is 2.13. The minimum absolute atomic E-state index is 0.0794. The van der Waals surface area contributed by atoms with Gasteiger partial charge in [0.15, 0.2) is 0 Å². The molecule has 3 nitrogen and oxygen atoms in total. The van der Waals surface area contributed by atoms with Gasteiger partial charge in [-0.05, 0) is 44.6 Å². The number of nitrogens with two attached hydrogens (primary N) is 1. The van der Waals surface area contributed by atoms with Crippen LogP contribution in [-0.4, -0.2) is 40.8 Å². The van der Waals surface area contributed by atoms with Gasteiger partial charge in [-0.2, -0.15) is 0 Å². The van der Waals surface area contributed by atoms with E-state index in [0.29, 0.717) is 12.1 Å². The van der Waals surface area contributed by atoms with Crippen LogP contribution in [-0.2, 0) is 0 Å². The van der Waals surface area contributed by atoms with E-state index in [4.69, 9.17) is 5.73 Å². The second kappa shape index (κ2) is 4.77. The van der Waals surface area contributed by atoms with Gasteiger partial charge < -0.3 is 15.7 Å². The van der Waals surface area contributed by atoms with Gasteiger partial charge in [0.05, 0.1) is 5.60 Å². The summed E-state index contributed by atoms with van der Waals surface area (Å²) in [6.45, 7) is 6.70. The van der Waals surface area contributed by atoms with Gasteiger partial charge in [-0.3, -0.25) is 0 Å². The molecule has 2 saturated heterocycles. The maximum absolute atomic E-state index is 10.9. The quantitative estimate of drug-likeness (QED) is 0.808. The molecule has 0 aromatic rings. The summed E-state index contributed by atoms with van der Waals surface area (Å²) in [5, 5.41) is 10.9. The Morgan fingerprint density at radius 2 is 1.83 bits per heavy atom. The first kappa shape index (κ1) is 14.3. The lowest BCUT2D eigenvalue weighted by atomic mass is 9.73. The van der Waals surface area contributed by atoms with E-state index in [9.17, 15) is 5.11 Å². The summed E-state index contributed by atoms with van der Waals surface area (Å²) < 4.78 is 0. The van der Waals surface area contributed by atoms with E-state index in [-0.39, 0.29) is 11.5 Å². The molecule has 18 heavy (non-hydrogen) atoms. The SMILES string of the molecule is CCC(C)(C)CC(N)C1(O)CC2CCC(C1)N2C. The zero-order valence-corrected chi connectivity index (χ0v) is 12.4. The fraction of sp³-hybridized carbons (Fsp3) is 1.00. The van der Waals surface area contributed by atoms with Crippen LogP contribution in [0.5, 0.6) is 0 Å². The molecule has 2 bridgehead atoms. The second-order valence-electron chi connectivity index (χ2n) is 7.39. The molecular formula is C15H30N2O. The van der Waals surface area contributed by atoms with Crippen LogP contribution in [0.15, 0.2) is 0 Å². The highest BCUT2D eigenvalue weighted by Crippen LogP contribution is 2.43. The van der Waals surface area contributed by atoms with Gasteiger partial charge >= 0.3 is 0 Å². The number of aliphatic hydroxyl groups is 1. The van der Waals surface area contributed by atoms with E-state index >= 15 is 0 Å². The maximum Gasteiger partial charge on any atom is 0.0827 e. The molecule has 0 aromatic heterocycles. The third-order valence-electron chi connectivity index (χ3n) is 5.58. The van der Waals surface area contributed by atoms with Crippen molar-refractivity contribution in [1.29, 1.82) is 0 Å². The van der Waals surface area contributed by atoms with Crippen molar-refractivity contribution in [3.05, 3.63) is 0 Å². The predicted molar refractivity (Wildman–Crippen MR) is 75.4 cm³/mol. The van der Waals surface area contributed by atoms with Crippen LogP contribution in [0, 0.1) is 5.41 Å². The van der Waals surface area contributed by atoms with Gasteiger partial charge in [-0.1, -0.05) is 27.2 Å². The smallest absolute Gasteiger partial charge is 0.0827 e. The maximum atomic E-state index is 10.9. The number of hydrogen-bond acceptors (Lipinski definition) is 3. The molecule has 2 heterocycles. The van der Waals surface area contributed by atoms with E-state index in [1.165, 1.54) is 12.8 Å². The van der Waals surface area contributed by atoms with Gasteiger partial charge in [-0.15, -0.1) is 0 Å². The van der Waals surface area contributed by atoms with Gasteiger partial charge in [-0.25, -0.2) is 0 Å². The zero-order valence-electron chi connectivity index (χ0n) is 12.4. The molecule has 3 unspecified atom stereocenters. The molecule has 2 aliphatic heterocycles. The van der Waals surface area contributed by atoms with E-state index < -0.39 is 5.60 Å².